The number of benzene rings is 2. The number of halogens is 1. The number of rotatable bonds is 6. The first-order chi connectivity index (χ1) is 15.5. The van der Waals surface area contributed by atoms with Crippen molar-refractivity contribution < 1.29 is 24.2 Å². The molecule has 2 aromatic carbocycles. The lowest BCUT2D eigenvalue weighted by Gasteiger charge is -2.31. The predicted octanol–water partition coefficient (Wildman–Crippen LogP) is 3.10. The zero-order chi connectivity index (χ0) is 22.7. The van der Waals surface area contributed by atoms with Gasteiger partial charge in [-0.2, -0.15) is 0 Å². The highest BCUT2D eigenvalue weighted by Crippen LogP contribution is 2.39. The summed E-state index contributed by atoms with van der Waals surface area (Å²) in [7, 11) is 1.55. The highest BCUT2D eigenvalue weighted by atomic mass is 35.5. The Morgan fingerprint density at radius 3 is 2.34 bits per heavy atom. The zero-order valence-electron chi connectivity index (χ0n) is 17.8. The lowest BCUT2D eigenvalue weighted by molar-refractivity contribution is -0.140. The van der Waals surface area contributed by atoms with E-state index in [0.29, 0.717) is 48.2 Å². The second-order valence-corrected chi connectivity index (χ2v) is 8.16. The number of aliphatic hydroxyl groups is 1. The van der Waals surface area contributed by atoms with Crippen LogP contribution in [0, 0.1) is 0 Å². The molecule has 168 valence electrons. The van der Waals surface area contributed by atoms with Crippen LogP contribution in [0.2, 0.25) is 5.02 Å². The number of morpholine rings is 1. The summed E-state index contributed by atoms with van der Waals surface area (Å²) in [6.45, 7) is 3.83. The Bertz CT molecular complexity index is 1010. The molecule has 2 aromatic rings. The topological polar surface area (TPSA) is 79.3 Å². The fourth-order valence-electron chi connectivity index (χ4n) is 4.08. The molecule has 32 heavy (non-hydrogen) atoms. The highest BCUT2D eigenvalue weighted by molar-refractivity contribution is 6.46. The van der Waals surface area contributed by atoms with Crippen LogP contribution in [-0.4, -0.2) is 73.1 Å². The normalized spacial score (nSPS) is 21.2. The Balaban J connectivity index is 1.71. The molecular formula is C24H25ClN2O5. The van der Waals surface area contributed by atoms with Crippen LogP contribution in [0.4, 0.5) is 0 Å². The Hall–Kier alpha value is -2.87. The number of nitrogens with zero attached hydrogens (tertiary/aromatic N) is 2. The van der Waals surface area contributed by atoms with Crippen LogP contribution in [-0.2, 0) is 14.3 Å². The summed E-state index contributed by atoms with van der Waals surface area (Å²) in [6.07, 6.45) is 0. The molecule has 7 nitrogen and oxygen atoms in total. The van der Waals surface area contributed by atoms with Crippen LogP contribution in [0.5, 0.6) is 5.75 Å². The van der Waals surface area contributed by atoms with Crippen LogP contribution in [0.3, 0.4) is 0 Å². The van der Waals surface area contributed by atoms with Crippen molar-refractivity contribution in [1.29, 1.82) is 0 Å². The number of hydrogen-bond donors (Lipinski definition) is 1. The van der Waals surface area contributed by atoms with Gasteiger partial charge in [-0.1, -0.05) is 23.7 Å². The maximum Gasteiger partial charge on any atom is 0.295 e. The molecule has 1 amide bonds. The van der Waals surface area contributed by atoms with E-state index in [-0.39, 0.29) is 11.3 Å². The Kier molecular flexibility index (Phi) is 6.79. The minimum Gasteiger partial charge on any atom is -0.507 e. The van der Waals surface area contributed by atoms with E-state index in [1.807, 2.05) is 0 Å². The van der Waals surface area contributed by atoms with E-state index in [1.54, 1.807) is 55.6 Å². The van der Waals surface area contributed by atoms with Crippen molar-refractivity contribution in [2.45, 2.75) is 6.04 Å². The largest absolute Gasteiger partial charge is 0.507 e. The Morgan fingerprint density at radius 2 is 1.72 bits per heavy atom. The summed E-state index contributed by atoms with van der Waals surface area (Å²) in [6, 6.07) is 13.0. The van der Waals surface area contributed by atoms with Crippen molar-refractivity contribution in [3.8, 4) is 5.75 Å². The van der Waals surface area contributed by atoms with Gasteiger partial charge in [0, 0.05) is 36.8 Å². The Labute approximate surface area is 191 Å². The minimum absolute atomic E-state index is 0.0736. The van der Waals surface area contributed by atoms with E-state index >= 15 is 0 Å². The van der Waals surface area contributed by atoms with E-state index < -0.39 is 17.7 Å². The van der Waals surface area contributed by atoms with Gasteiger partial charge < -0.3 is 19.5 Å². The number of Topliss-reactive ketones (excluding diaryl/α,β-unsaturated/α-hetero) is 1. The van der Waals surface area contributed by atoms with Gasteiger partial charge in [-0.3, -0.25) is 14.5 Å². The number of amides is 1. The molecule has 2 aliphatic rings. The highest BCUT2D eigenvalue weighted by Gasteiger charge is 2.46. The number of likely N-dealkylation sites (tertiary alicyclic amines) is 1. The van der Waals surface area contributed by atoms with Crippen LogP contribution >= 0.6 is 11.6 Å². The SMILES string of the molecule is COc1ccc(/C(O)=C2\C(=O)C(=O)N(CCN3CCOCC3)[C@H]2c2ccc(Cl)cc2)cc1. The molecule has 0 radical (unpaired) electrons. The maximum atomic E-state index is 13.1. The van der Waals surface area contributed by atoms with Crippen molar-refractivity contribution in [2.75, 3.05) is 46.5 Å². The second kappa shape index (κ2) is 9.73. The molecule has 0 aliphatic carbocycles. The molecular weight excluding hydrogens is 432 g/mol. The number of carbonyl (C=O) groups excluding carboxylic acids is 2. The van der Waals surface area contributed by atoms with Crippen molar-refractivity contribution in [1.82, 2.24) is 9.80 Å². The predicted molar refractivity (Wildman–Crippen MR) is 121 cm³/mol. The number of methoxy groups -OCH3 is 1. The third-order valence-corrected chi connectivity index (χ3v) is 6.10. The smallest absolute Gasteiger partial charge is 0.295 e. The van der Waals surface area contributed by atoms with E-state index in [4.69, 9.17) is 21.1 Å². The number of carbonyl (C=O) groups is 2. The van der Waals surface area contributed by atoms with Crippen molar-refractivity contribution in [3.05, 3.63) is 70.3 Å². The van der Waals surface area contributed by atoms with E-state index in [2.05, 4.69) is 4.90 Å². The molecule has 8 heteroatoms. The summed E-state index contributed by atoms with van der Waals surface area (Å²) in [5.41, 5.74) is 1.23. The van der Waals surface area contributed by atoms with Gasteiger partial charge in [-0.15, -0.1) is 0 Å². The first kappa shape index (κ1) is 22.3. The zero-order valence-corrected chi connectivity index (χ0v) is 18.5. The fourth-order valence-corrected chi connectivity index (χ4v) is 4.21. The van der Waals surface area contributed by atoms with Crippen LogP contribution in [0.25, 0.3) is 5.76 Å². The van der Waals surface area contributed by atoms with Gasteiger partial charge in [-0.05, 0) is 42.0 Å². The standard InChI is InChI=1S/C24H25ClN2O5/c1-31-19-8-4-17(5-9-19)22(28)20-21(16-2-6-18(25)7-3-16)27(24(30)23(20)29)11-10-26-12-14-32-15-13-26/h2-9,21,28H,10-15H2,1H3/b22-20+/t21-/m0/s1. The van der Waals surface area contributed by atoms with E-state index in [0.717, 1.165) is 13.1 Å². The molecule has 1 atom stereocenters. The average Bonchev–Trinajstić information content (AvgIpc) is 3.08. The first-order valence-electron chi connectivity index (χ1n) is 10.5. The maximum absolute atomic E-state index is 13.1. The first-order valence-corrected chi connectivity index (χ1v) is 10.9. The minimum atomic E-state index is -0.699. The molecule has 2 heterocycles. The number of ketones is 1. The number of ether oxygens (including phenoxy) is 2. The molecule has 4 rings (SSSR count). The molecule has 0 unspecified atom stereocenters. The molecule has 2 aliphatic heterocycles. The molecule has 0 saturated carbocycles. The summed E-state index contributed by atoms with van der Waals surface area (Å²) in [5.74, 6) is -0.893. The molecule has 2 fully saturated rings. The average molecular weight is 457 g/mol. The van der Waals surface area contributed by atoms with Gasteiger partial charge in [0.15, 0.2) is 0 Å². The summed E-state index contributed by atoms with van der Waals surface area (Å²) < 4.78 is 10.6. The van der Waals surface area contributed by atoms with Crippen molar-refractivity contribution in [3.63, 3.8) is 0 Å². The van der Waals surface area contributed by atoms with Crippen molar-refractivity contribution in [2.24, 2.45) is 0 Å². The lowest BCUT2D eigenvalue weighted by Crippen LogP contribution is -2.42. The van der Waals surface area contributed by atoms with Gasteiger partial charge >= 0.3 is 0 Å². The second-order valence-electron chi connectivity index (χ2n) is 7.73. The number of hydrogen-bond acceptors (Lipinski definition) is 6. The van der Waals surface area contributed by atoms with Crippen LogP contribution in [0.15, 0.2) is 54.1 Å². The molecule has 0 spiro atoms. The summed E-state index contributed by atoms with van der Waals surface area (Å²) >= 11 is 6.06. The monoisotopic (exact) mass is 456 g/mol. The van der Waals surface area contributed by atoms with Crippen LogP contribution in [0.1, 0.15) is 17.2 Å². The van der Waals surface area contributed by atoms with E-state index in [9.17, 15) is 14.7 Å². The van der Waals surface area contributed by atoms with Gasteiger partial charge in [-0.25, -0.2) is 0 Å². The third kappa shape index (κ3) is 4.50. The molecule has 2 saturated heterocycles. The van der Waals surface area contributed by atoms with Crippen molar-refractivity contribution >= 4 is 29.1 Å². The summed E-state index contributed by atoms with van der Waals surface area (Å²) in [4.78, 5) is 29.8. The Morgan fingerprint density at radius 1 is 1.06 bits per heavy atom. The quantitative estimate of drug-likeness (QED) is 0.409. The lowest BCUT2D eigenvalue weighted by atomic mass is 9.95. The van der Waals surface area contributed by atoms with Crippen LogP contribution < -0.4 is 4.74 Å². The van der Waals surface area contributed by atoms with E-state index in [1.165, 1.54) is 4.90 Å². The van der Waals surface area contributed by atoms with Gasteiger partial charge in [0.2, 0.25) is 0 Å². The molecule has 0 bridgehead atoms. The third-order valence-electron chi connectivity index (χ3n) is 5.85. The fraction of sp³-hybridized carbons (Fsp3) is 0.333. The van der Waals surface area contributed by atoms with Gasteiger partial charge in [0.1, 0.15) is 11.5 Å². The molecule has 0 aromatic heterocycles. The molecule has 1 N–H and O–H groups in total. The van der Waals surface area contributed by atoms with Gasteiger partial charge in [0.25, 0.3) is 11.7 Å². The van der Waals surface area contributed by atoms with Gasteiger partial charge in [0.05, 0.1) is 31.9 Å². The number of aliphatic hydroxyl groups excluding tert-OH is 1. The summed E-state index contributed by atoms with van der Waals surface area (Å²) in [5, 5.41) is 11.6.